The van der Waals surface area contributed by atoms with Gasteiger partial charge in [-0.2, -0.15) is 0 Å². The van der Waals surface area contributed by atoms with E-state index in [9.17, 15) is 10.2 Å². The van der Waals surface area contributed by atoms with Crippen LogP contribution in [0.2, 0.25) is 0 Å². The second-order valence-corrected chi connectivity index (χ2v) is 9.28. The Morgan fingerprint density at radius 1 is 1.31 bits per heavy atom. The van der Waals surface area contributed by atoms with Gasteiger partial charge in [0.2, 0.25) is 0 Å². The summed E-state index contributed by atoms with van der Waals surface area (Å²) in [5.74, 6) is 1.65. The Labute approximate surface area is 154 Å². The maximum Gasteiger partial charge on any atom is 0.165 e. The molecule has 3 aliphatic carbocycles. The number of likely N-dealkylation sites (N-methyl/N-ethyl adjacent to an activating group) is 1. The summed E-state index contributed by atoms with van der Waals surface area (Å²) in [6.45, 7) is 3.30. The first kappa shape index (κ1) is 15.7. The van der Waals surface area contributed by atoms with Crippen LogP contribution >= 0.6 is 0 Å². The third-order valence-corrected chi connectivity index (χ3v) is 8.32. The van der Waals surface area contributed by atoms with Crippen LogP contribution < -0.4 is 10.1 Å². The van der Waals surface area contributed by atoms with E-state index in [2.05, 4.69) is 23.2 Å². The summed E-state index contributed by atoms with van der Waals surface area (Å²) in [5.41, 5.74) is 1.19. The highest BCUT2D eigenvalue weighted by Crippen LogP contribution is 2.70. The molecule has 5 nitrogen and oxygen atoms in total. The monoisotopic (exact) mass is 356 g/mol. The fourth-order valence-electron chi connectivity index (χ4n) is 6.86. The van der Waals surface area contributed by atoms with Gasteiger partial charge in [-0.25, -0.2) is 0 Å². The van der Waals surface area contributed by atoms with Gasteiger partial charge >= 0.3 is 0 Å². The standard InChI is InChI=1S/C21H28N2O3/c1-11-21(25)8-7-14(22-2)19-20(21)9-15(23(11)10-12-3-4-12)13-5-6-16(24)18(26-19)17(13)20/h5-6,11-12,14-15,19,22,24-25H,3-4,7-10H2,1-2H3/t11-,14+,15?,19+,20+,21-/m1/s1. The number of hydrogen-bond acceptors (Lipinski definition) is 5. The van der Waals surface area contributed by atoms with Crippen LogP contribution in [0.5, 0.6) is 11.5 Å². The minimum Gasteiger partial charge on any atom is -0.504 e. The van der Waals surface area contributed by atoms with Crippen LogP contribution in [0.4, 0.5) is 0 Å². The van der Waals surface area contributed by atoms with Gasteiger partial charge in [0, 0.05) is 30.2 Å². The van der Waals surface area contributed by atoms with E-state index in [0.717, 1.165) is 37.3 Å². The summed E-state index contributed by atoms with van der Waals surface area (Å²) in [6, 6.07) is 4.51. The molecule has 6 atom stereocenters. The maximum absolute atomic E-state index is 12.2. The van der Waals surface area contributed by atoms with Gasteiger partial charge < -0.3 is 20.3 Å². The predicted molar refractivity (Wildman–Crippen MR) is 97.5 cm³/mol. The van der Waals surface area contributed by atoms with E-state index < -0.39 is 11.0 Å². The zero-order chi connectivity index (χ0) is 17.8. The Kier molecular flexibility index (Phi) is 2.87. The number of aromatic hydroxyl groups is 1. The Bertz CT molecular complexity index is 794. The molecule has 140 valence electrons. The van der Waals surface area contributed by atoms with Crippen molar-refractivity contribution in [2.75, 3.05) is 13.6 Å². The molecule has 2 bridgehead atoms. The molecule has 0 aromatic heterocycles. The molecule has 6 rings (SSSR count). The lowest BCUT2D eigenvalue weighted by molar-refractivity contribution is -0.188. The molecule has 1 aromatic carbocycles. The number of phenolic OH excluding ortho intramolecular Hbond substituents is 1. The lowest BCUT2D eigenvalue weighted by Crippen LogP contribution is -2.74. The Morgan fingerprint density at radius 2 is 2.12 bits per heavy atom. The molecule has 5 aliphatic rings. The van der Waals surface area contributed by atoms with Gasteiger partial charge in [-0.05, 0) is 63.6 Å². The van der Waals surface area contributed by atoms with Gasteiger partial charge in [0.15, 0.2) is 11.5 Å². The van der Waals surface area contributed by atoms with Crippen LogP contribution in [-0.2, 0) is 5.41 Å². The number of hydrogen-bond donors (Lipinski definition) is 3. The van der Waals surface area contributed by atoms with E-state index in [4.69, 9.17) is 4.74 Å². The van der Waals surface area contributed by atoms with Gasteiger partial charge in [0.1, 0.15) is 6.10 Å². The third-order valence-electron chi connectivity index (χ3n) is 8.32. The second-order valence-electron chi connectivity index (χ2n) is 9.28. The molecule has 2 aliphatic heterocycles. The number of piperidine rings is 1. The average molecular weight is 356 g/mol. The quantitative estimate of drug-likeness (QED) is 0.774. The first-order valence-electron chi connectivity index (χ1n) is 10.2. The normalized spacial score (nSPS) is 45.5. The molecule has 26 heavy (non-hydrogen) atoms. The molecule has 0 radical (unpaired) electrons. The number of ether oxygens (including phenoxy) is 1. The number of aliphatic hydroxyl groups is 1. The second kappa shape index (κ2) is 4.75. The van der Waals surface area contributed by atoms with Crippen molar-refractivity contribution in [2.24, 2.45) is 5.92 Å². The predicted octanol–water partition coefficient (Wildman–Crippen LogP) is 2.06. The Balaban J connectivity index is 1.59. The van der Waals surface area contributed by atoms with Crippen LogP contribution in [-0.4, -0.2) is 52.5 Å². The van der Waals surface area contributed by atoms with Crippen molar-refractivity contribution in [3.63, 3.8) is 0 Å². The zero-order valence-corrected chi connectivity index (χ0v) is 15.5. The van der Waals surface area contributed by atoms with Crippen molar-refractivity contribution in [2.45, 2.75) is 74.3 Å². The van der Waals surface area contributed by atoms with E-state index in [0.29, 0.717) is 11.8 Å². The summed E-state index contributed by atoms with van der Waals surface area (Å²) in [5, 5.41) is 26.1. The van der Waals surface area contributed by atoms with Crippen LogP contribution in [0.15, 0.2) is 12.1 Å². The lowest BCUT2D eigenvalue weighted by atomic mass is 9.54. The van der Waals surface area contributed by atoms with E-state index in [1.807, 2.05) is 7.05 Å². The van der Waals surface area contributed by atoms with Crippen LogP contribution in [0.25, 0.3) is 0 Å². The molecule has 1 spiro atoms. The topological polar surface area (TPSA) is 65.0 Å². The van der Waals surface area contributed by atoms with Crippen molar-refractivity contribution in [1.82, 2.24) is 10.2 Å². The number of nitrogens with zero attached hydrogens (tertiary/aromatic N) is 1. The smallest absolute Gasteiger partial charge is 0.165 e. The van der Waals surface area contributed by atoms with Gasteiger partial charge in [0.25, 0.3) is 0 Å². The number of rotatable bonds is 3. The summed E-state index contributed by atoms with van der Waals surface area (Å²) in [7, 11) is 1.98. The maximum atomic E-state index is 12.2. The van der Waals surface area contributed by atoms with Gasteiger partial charge in [0.05, 0.1) is 11.0 Å². The summed E-state index contributed by atoms with van der Waals surface area (Å²) in [6.07, 6.45) is 5.12. The number of likely N-dealkylation sites (tertiary alicyclic amines) is 1. The van der Waals surface area contributed by atoms with Crippen molar-refractivity contribution < 1.29 is 14.9 Å². The van der Waals surface area contributed by atoms with E-state index in [1.54, 1.807) is 6.07 Å². The van der Waals surface area contributed by atoms with E-state index in [-0.39, 0.29) is 23.9 Å². The molecule has 2 saturated carbocycles. The fourth-order valence-corrected chi connectivity index (χ4v) is 6.86. The molecule has 3 fully saturated rings. The van der Waals surface area contributed by atoms with Crippen molar-refractivity contribution in [1.29, 1.82) is 0 Å². The molecule has 1 aromatic rings. The largest absolute Gasteiger partial charge is 0.504 e. The van der Waals surface area contributed by atoms with E-state index in [1.165, 1.54) is 18.4 Å². The Hall–Kier alpha value is -1.30. The van der Waals surface area contributed by atoms with E-state index >= 15 is 0 Å². The number of nitrogens with one attached hydrogen (secondary N) is 1. The number of benzene rings is 1. The number of phenols is 1. The summed E-state index contributed by atoms with van der Waals surface area (Å²) in [4.78, 5) is 2.57. The molecule has 3 N–H and O–H groups in total. The minimum absolute atomic E-state index is 0.103. The van der Waals surface area contributed by atoms with Gasteiger partial charge in [-0.1, -0.05) is 6.07 Å². The highest BCUT2D eigenvalue weighted by molar-refractivity contribution is 5.64. The van der Waals surface area contributed by atoms with Gasteiger partial charge in [-0.3, -0.25) is 4.90 Å². The summed E-state index contributed by atoms with van der Waals surface area (Å²) >= 11 is 0. The zero-order valence-electron chi connectivity index (χ0n) is 15.5. The molecular formula is C21H28N2O3. The molecular weight excluding hydrogens is 328 g/mol. The van der Waals surface area contributed by atoms with Crippen LogP contribution in [0, 0.1) is 5.92 Å². The lowest BCUT2D eigenvalue weighted by Gasteiger charge is -2.60. The third kappa shape index (κ3) is 1.56. The first-order valence-corrected chi connectivity index (χ1v) is 10.2. The summed E-state index contributed by atoms with van der Waals surface area (Å²) < 4.78 is 6.38. The first-order chi connectivity index (χ1) is 12.5. The SMILES string of the molecule is CN[C@H]1CC[C@@]2(O)[C@@H](C)N(CC3CC3)C3C[C@@]24c2c3ccc(O)c2O[C@@H]14. The minimum atomic E-state index is -0.805. The van der Waals surface area contributed by atoms with Crippen LogP contribution in [0.1, 0.15) is 56.2 Å². The number of fused-ring (bicyclic) bond motifs is 2. The van der Waals surface area contributed by atoms with Crippen molar-refractivity contribution in [3.8, 4) is 11.5 Å². The average Bonchev–Trinajstić information content (AvgIpc) is 3.29. The molecule has 1 saturated heterocycles. The van der Waals surface area contributed by atoms with Gasteiger partial charge in [-0.15, -0.1) is 0 Å². The van der Waals surface area contributed by atoms with Crippen molar-refractivity contribution in [3.05, 3.63) is 23.3 Å². The fraction of sp³-hybridized carbons (Fsp3) is 0.714. The van der Waals surface area contributed by atoms with Crippen molar-refractivity contribution >= 4 is 0 Å². The molecule has 1 unspecified atom stereocenters. The highest BCUT2D eigenvalue weighted by Gasteiger charge is 2.74. The molecule has 2 heterocycles. The highest BCUT2D eigenvalue weighted by atomic mass is 16.5. The molecule has 5 heteroatoms. The molecule has 0 amide bonds. The Morgan fingerprint density at radius 3 is 2.85 bits per heavy atom. The van der Waals surface area contributed by atoms with Crippen LogP contribution in [0.3, 0.4) is 0 Å².